The van der Waals surface area contributed by atoms with E-state index < -0.39 is 10.0 Å². The Bertz CT molecular complexity index is 1310. The van der Waals surface area contributed by atoms with Crippen molar-refractivity contribution in [2.75, 3.05) is 24.5 Å². The lowest BCUT2D eigenvalue weighted by Crippen LogP contribution is -2.35. The zero-order valence-corrected chi connectivity index (χ0v) is 20.3. The van der Waals surface area contributed by atoms with Crippen LogP contribution in [0.5, 0.6) is 0 Å². The molecule has 0 radical (unpaired) electrons. The van der Waals surface area contributed by atoms with Crippen molar-refractivity contribution in [3.05, 3.63) is 65.6 Å². The van der Waals surface area contributed by atoms with Crippen molar-refractivity contribution in [2.24, 2.45) is 0 Å². The van der Waals surface area contributed by atoms with Crippen LogP contribution >= 0.6 is 0 Å². The van der Waals surface area contributed by atoms with Gasteiger partial charge in [0.05, 0.1) is 22.3 Å². The van der Waals surface area contributed by atoms with Gasteiger partial charge in [0.15, 0.2) is 5.82 Å². The Kier molecular flexibility index (Phi) is 5.99. The molecule has 0 spiro atoms. The number of piperidine rings is 1. The molecule has 1 fully saturated rings. The molecule has 3 aromatic rings. The van der Waals surface area contributed by atoms with Gasteiger partial charge in [0.2, 0.25) is 10.0 Å². The average Bonchev–Trinajstić information content (AvgIpc) is 3.49. The van der Waals surface area contributed by atoms with E-state index in [0.717, 1.165) is 36.2 Å². The van der Waals surface area contributed by atoms with Crippen molar-refractivity contribution < 1.29 is 13.2 Å². The highest BCUT2D eigenvalue weighted by molar-refractivity contribution is 7.89. The maximum Gasteiger partial charge on any atom is 0.261 e. The van der Waals surface area contributed by atoms with Crippen LogP contribution in [0.4, 0.5) is 5.69 Å². The standard InChI is InChI=1S/C25H29N5O3S/c1-18(2)24-21(17-27-30(24)23-8-4-5-12-26-23)25(31)29-15-11-19-16-20(9-10-22(19)29)34(32,33)28-13-6-3-7-14-28/h4-5,8-10,12,16-18H,3,6-7,11,13-15H2,1-2H3. The third-order valence-corrected chi connectivity index (χ3v) is 8.49. The summed E-state index contributed by atoms with van der Waals surface area (Å²) in [5.74, 6) is 0.596. The highest BCUT2D eigenvalue weighted by Crippen LogP contribution is 2.34. The summed E-state index contributed by atoms with van der Waals surface area (Å²) in [6, 6.07) is 10.7. The lowest BCUT2D eigenvalue weighted by Gasteiger charge is -2.26. The van der Waals surface area contributed by atoms with Crippen LogP contribution in [0.3, 0.4) is 0 Å². The second-order valence-electron chi connectivity index (χ2n) is 9.16. The molecule has 2 aliphatic rings. The van der Waals surface area contributed by atoms with Crippen LogP contribution in [0.15, 0.2) is 53.7 Å². The summed E-state index contributed by atoms with van der Waals surface area (Å²) in [6.07, 6.45) is 6.81. The molecule has 4 heterocycles. The van der Waals surface area contributed by atoms with Gasteiger partial charge in [0, 0.05) is 31.5 Å². The number of sulfonamides is 1. The van der Waals surface area contributed by atoms with Gasteiger partial charge in [-0.15, -0.1) is 0 Å². The molecule has 8 nitrogen and oxygen atoms in total. The number of rotatable bonds is 5. The number of anilines is 1. The summed E-state index contributed by atoms with van der Waals surface area (Å²) in [4.78, 5) is 20.1. The smallest absolute Gasteiger partial charge is 0.261 e. The summed E-state index contributed by atoms with van der Waals surface area (Å²) in [6.45, 7) is 5.71. The fourth-order valence-corrected chi connectivity index (χ4v) is 6.46. The van der Waals surface area contributed by atoms with Gasteiger partial charge < -0.3 is 4.90 Å². The van der Waals surface area contributed by atoms with E-state index in [1.54, 1.807) is 44.5 Å². The second kappa shape index (κ2) is 8.96. The predicted molar refractivity (Wildman–Crippen MR) is 130 cm³/mol. The molecule has 0 atom stereocenters. The molecule has 0 N–H and O–H groups in total. The number of hydrogen-bond donors (Lipinski definition) is 0. The molecule has 0 aliphatic carbocycles. The SMILES string of the molecule is CC(C)c1c(C(=O)N2CCc3cc(S(=O)(=O)N4CCCCC4)ccc32)cnn1-c1ccccn1. The molecule has 5 rings (SSSR count). The van der Waals surface area contributed by atoms with E-state index >= 15 is 0 Å². The number of carbonyl (C=O) groups excluding carboxylic acids is 1. The van der Waals surface area contributed by atoms with Crippen molar-refractivity contribution >= 4 is 21.6 Å². The van der Waals surface area contributed by atoms with Crippen LogP contribution in [0.1, 0.15) is 60.6 Å². The number of benzene rings is 1. The van der Waals surface area contributed by atoms with E-state index in [9.17, 15) is 13.2 Å². The lowest BCUT2D eigenvalue weighted by molar-refractivity contribution is 0.0988. The molecule has 9 heteroatoms. The summed E-state index contributed by atoms with van der Waals surface area (Å²) in [5, 5.41) is 4.48. The fraction of sp³-hybridized carbons (Fsp3) is 0.400. The largest absolute Gasteiger partial charge is 0.308 e. The van der Waals surface area contributed by atoms with Crippen molar-refractivity contribution in [1.82, 2.24) is 19.1 Å². The topological polar surface area (TPSA) is 88.4 Å². The van der Waals surface area contributed by atoms with Crippen molar-refractivity contribution in [3.8, 4) is 5.82 Å². The number of carbonyl (C=O) groups is 1. The average molecular weight is 480 g/mol. The van der Waals surface area contributed by atoms with Gasteiger partial charge in [-0.3, -0.25) is 4.79 Å². The van der Waals surface area contributed by atoms with Crippen LogP contribution in [0.2, 0.25) is 0 Å². The highest BCUT2D eigenvalue weighted by Gasteiger charge is 2.32. The maximum absolute atomic E-state index is 13.6. The fourth-order valence-electron chi connectivity index (χ4n) is 4.89. The number of amides is 1. The van der Waals surface area contributed by atoms with Gasteiger partial charge in [0.1, 0.15) is 0 Å². The van der Waals surface area contributed by atoms with E-state index in [1.807, 2.05) is 32.0 Å². The first-order valence-corrected chi connectivity index (χ1v) is 13.3. The monoisotopic (exact) mass is 479 g/mol. The second-order valence-corrected chi connectivity index (χ2v) is 11.1. The zero-order chi connectivity index (χ0) is 23.9. The summed E-state index contributed by atoms with van der Waals surface area (Å²) >= 11 is 0. The van der Waals surface area contributed by atoms with Gasteiger partial charge in [-0.25, -0.2) is 18.1 Å². The normalized spacial score (nSPS) is 16.7. The Morgan fingerprint density at radius 3 is 2.53 bits per heavy atom. The Morgan fingerprint density at radius 2 is 1.82 bits per heavy atom. The lowest BCUT2D eigenvalue weighted by atomic mass is 10.0. The van der Waals surface area contributed by atoms with Gasteiger partial charge in [-0.2, -0.15) is 9.40 Å². The van der Waals surface area contributed by atoms with Gasteiger partial charge in [-0.1, -0.05) is 26.3 Å². The molecule has 0 bridgehead atoms. The first-order valence-electron chi connectivity index (χ1n) is 11.8. The van der Waals surface area contributed by atoms with Crippen molar-refractivity contribution in [1.29, 1.82) is 0 Å². The molecule has 178 valence electrons. The molecule has 1 amide bonds. The maximum atomic E-state index is 13.6. The number of fused-ring (bicyclic) bond motifs is 1. The van der Waals surface area contributed by atoms with Gasteiger partial charge in [0.25, 0.3) is 5.91 Å². The predicted octanol–water partition coefficient (Wildman–Crippen LogP) is 3.77. The first-order chi connectivity index (χ1) is 16.4. The van der Waals surface area contributed by atoms with E-state index in [1.165, 1.54) is 0 Å². The molecule has 0 saturated carbocycles. The Balaban J connectivity index is 1.46. The van der Waals surface area contributed by atoms with Crippen LogP contribution in [-0.2, 0) is 16.4 Å². The third kappa shape index (κ3) is 3.92. The van der Waals surface area contributed by atoms with Crippen LogP contribution in [0, 0.1) is 0 Å². The van der Waals surface area contributed by atoms with Gasteiger partial charge in [-0.05, 0) is 61.1 Å². The minimum absolute atomic E-state index is 0.0580. The minimum Gasteiger partial charge on any atom is -0.308 e. The third-order valence-electron chi connectivity index (χ3n) is 6.59. The molecule has 0 unspecified atom stereocenters. The summed E-state index contributed by atoms with van der Waals surface area (Å²) < 4.78 is 29.5. The van der Waals surface area contributed by atoms with E-state index in [2.05, 4.69) is 10.1 Å². The van der Waals surface area contributed by atoms with Crippen molar-refractivity contribution in [3.63, 3.8) is 0 Å². The molecular formula is C25H29N5O3S. The number of hydrogen-bond acceptors (Lipinski definition) is 5. The van der Waals surface area contributed by atoms with E-state index in [0.29, 0.717) is 42.3 Å². The zero-order valence-electron chi connectivity index (χ0n) is 19.5. The van der Waals surface area contributed by atoms with E-state index in [-0.39, 0.29) is 11.8 Å². The van der Waals surface area contributed by atoms with Crippen LogP contribution in [-0.4, -0.2) is 53.0 Å². The first kappa shape index (κ1) is 22.7. The summed E-state index contributed by atoms with van der Waals surface area (Å²) in [5.41, 5.74) is 3.00. The molecule has 1 saturated heterocycles. The Labute approximate surface area is 200 Å². The Morgan fingerprint density at radius 1 is 1.03 bits per heavy atom. The number of nitrogens with zero attached hydrogens (tertiary/aromatic N) is 5. The van der Waals surface area contributed by atoms with Crippen molar-refractivity contribution in [2.45, 2.75) is 50.3 Å². The van der Waals surface area contributed by atoms with Crippen LogP contribution < -0.4 is 4.90 Å². The van der Waals surface area contributed by atoms with Crippen LogP contribution in [0.25, 0.3) is 5.82 Å². The molecule has 2 aromatic heterocycles. The molecular weight excluding hydrogens is 450 g/mol. The Hall–Kier alpha value is -3.04. The summed E-state index contributed by atoms with van der Waals surface area (Å²) in [7, 11) is -3.51. The molecule has 34 heavy (non-hydrogen) atoms. The minimum atomic E-state index is -3.51. The van der Waals surface area contributed by atoms with E-state index in [4.69, 9.17) is 0 Å². The molecule has 2 aliphatic heterocycles. The highest BCUT2D eigenvalue weighted by atomic mass is 32.2. The number of pyridine rings is 1. The van der Waals surface area contributed by atoms with Gasteiger partial charge >= 0.3 is 0 Å². The number of aromatic nitrogens is 3. The quantitative estimate of drug-likeness (QED) is 0.556. The molecule has 1 aromatic carbocycles.